The third-order valence-corrected chi connectivity index (χ3v) is 8.12. The second-order valence-electron chi connectivity index (χ2n) is 4.60. The van der Waals surface area contributed by atoms with Crippen molar-refractivity contribution in [1.29, 1.82) is 0 Å². The second kappa shape index (κ2) is 7.23. The molecule has 0 N–H and O–H groups in total. The quantitative estimate of drug-likeness (QED) is 0.489. The summed E-state index contributed by atoms with van der Waals surface area (Å²) in [5, 5.41) is 3.58. The van der Waals surface area contributed by atoms with Gasteiger partial charge in [-0.3, -0.25) is 0 Å². The summed E-state index contributed by atoms with van der Waals surface area (Å²) in [6.07, 6.45) is 0. The summed E-state index contributed by atoms with van der Waals surface area (Å²) in [4.78, 5) is 0. The van der Waals surface area contributed by atoms with E-state index < -0.39 is 6.62 Å². The predicted octanol–water partition coefficient (Wildman–Crippen LogP) is 4.13. The topological polar surface area (TPSA) is 0 Å². The van der Waals surface area contributed by atoms with Gasteiger partial charge in [0.15, 0.2) is 0 Å². The van der Waals surface area contributed by atoms with E-state index in [0.717, 1.165) is 0 Å². The first-order chi connectivity index (χ1) is 9.82. The largest absolute Gasteiger partial charge is 0.210 e. The molecule has 0 fully saturated rings. The van der Waals surface area contributed by atoms with Crippen LogP contribution in [0.15, 0.2) is 91.0 Å². The molecule has 21 heavy (non-hydrogen) atoms. The molecule has 0 aliphatic rings. The zero-order valence-electron chi connectivity index (χ0n) is 11.3. The van der Waals surface area contributed by atoms with Crippen molar-refractivity contribution < 1.29 is 16.5 Å². The van der Waals surface area contributed by atoms with Crippen molar-refractivity contribution in [3.8, 4) is 0 Å². The van der Waals surface area contributed by atoms with Gasteiger partial charge >= 0.3 is 0 Å². The molecule has 108 valence electrons. The van der Waals surface area contributed by atoms with Crippen LogP contribution in [0.3, 0.4) is 0 Å². The average molecular weight is 356 g/mol. The molecule has 0 nitrogen and oxygen atoms in total. The SMILES string of the molecule is Cl[P+](c1ccccc1)(c1ccccc1)c1ccccc1.[Ni]. The molecule has 0 aliphatic heterocycles. The molecule has 0 atom stereocenters. The Labute approximate surface area is 141 Å². The number of rotatable bonds is 3. The number of halogens is 1. The maximum Gasteiger partial charge on any atom is 0.210 e. The van der Waals surface area contributed by atoms with E-state index >= 15 is 0 Å². The van der Waals surface area contributed by atoms with Crippen molar-refractivity contribution in [1.82, 2.24) is 0 Å². The van der Waals surface area contributed by atoms with Gasteiger partial charge in [0.25, 0.3) is 0 Å². The van der Waals surface area contributed by atoms with Crippen molar-refractivity contribution >= 4 is 33.8 Å². The molecule has 0 aromatic heterocycles. The Balaban J connectivity index is 0.00000161. The van der Waals surface area contributed by atoms with Crippen molar-refractivity contribution in [3.05, 3.63) is 91.0 Å². The van der Waals surface area contributed by atoms with Gasteiger partial charge in [0.2, 0.25) is 6.62 Å². The molecule has 3 aromatic rings. The van der Waals surface area contributed by atoms with Crippen LogP contribution in [0.5, 0.6) is 0 Å². The fourth-order valence-electron chi connectivity index (χ4n) is 2.35. The van der Waals surface area contributed by atoms with Gasteiger partial charge in [-0.2, -0.15) is 0 Å². The molecule has 0 spiro atoms. The van der Waals surface area contributed by atoms with Gasteiger partial charge in [-0.15, -0.1) is 0 Å². The molecule has 0 bridgehead atoms. The Morgan fingerprint density at radius 3 is 0.952 bits per heavy atom. The molecule has 0 saturated heterocycles. The zero-order chi connectivity index (χ0) is 13.8. The van der Waals surface area contributed by atoms with Crippen molar-refractivity contribution in [2.45, 2.75) is 0 Å². The molecule has 0 radical (unpaired) electrons. The minimum absolute atomic E-state index is 0. The normalized spacial score (nSPS) is 10.7. The Kier molecular flexibility index (Phi) is 5.60. The van der Waals surface area contributed by atoms with Crippen LogP contribution in [0, 0.1) is 0 Å². The third-order valence-electron chi connectivity index (χ3n) is 3.34. The van der Waals surface area contributed by atoms with Crippen molar-refractivity contribution in [2.75, 3.05) is 0 Å². The van der Waals surface area contributed by atoms with Crippen LogP contribution in [0.1, 0.15) is 0 Å². The zero-order valence-corrected chi connectivity index (χ0v) is 13.9. The van der Waals surface area contributed by atoms with Gasteiger partial charge in [0, 0.05) is 16.5 Å². The maximum absolute atomic E-state index is 7.23. The van der Waals surface area contributed by atoms with E-state index in [0.29, 0.717) is 0 Å². The van der Waals surface area contributed by atoms with Gasteiger partial charge in [-0.1, -0.05) is 54.6 Å². The van der Waals surface area contributed by atoms with Crippen LogP contribution in [-0.4, -0.2) is 0 Å². The number of benzene rings is 3. The van der Waals surface area contributed by atoms with Crippen LogP contribution in [0.4, 0.5) is 0 Å². The van der Waals surface area contributed by atoms with Gasteiger partial charge in [-0.05, 0) is 36.4 Å². The summed E-state index contributed by atoms with van der Waals surface area (Å²) in [6.45, 7) is -2.05. The van der Waals surface area contributed by atoms with E-state index in [1.54, 1.807) is 0 Å². The maximum atomic E-state index is 7.23. The third kappa shape index (κ3) is 3.22. The van der Waals surface area contributed by atoms with Crippen LogP contribution in [-0.2, 0) is 16.5 Å². The van der Waals surface area contributed by atoms with Gasteiger partial charge in [0.05, 0.1) is 0 Å². The summed E-state index contributed by atoms with van der Waals surface area (Å²) in [7, 11) is 0. The molecule has 3 rings (SSSR count). The van der Waals surface area contributed by atoms with E-state index in [1.807, 2.05) is 18.2 Å². The summed E-state index contributed by atoms with van der Waals surface area (Å²) >= 11 is 7.23. The average Bonchev–Trinajstić information content (AvgIpc) is 2.56. The fourth-order valence-corrected chi connectivity index (χ4v) is 6.00. The molecule has 0 saturated carbocycles. The summed E-state index contributed by atoms with van der Waals surface area (Å²) in [5.74, 6) is 0. The summed E-state index contributed by atoms with van der Waals surface area (Å²) in [6, 6.07) is 31.2. The van der Waals surface area contributed by atoms with Crippen LogP contribution in [0.25, 0.3) is 0 Å². The van der Waals surface area contributed by atoms with Gasteiger partial charge < -0.3 is 0 Å². The number of hydrogen-bond acceptors (Lipinski definition) is 0. The van der Waals surface area contributed by atoms with Gasteiger partial charge in [0.1, 0.15) is 27.2 Å². The Morgan fingerprint density at radius 1 is 0.476 bits per heavy atom. The van der Waals surface area contributed by atoms with E-state index in [2.05, 4.69) is 72.8 Å². The first kappa shape index (κ1) is 16.2. The predicted molar refractivity (Wildman–Crippen MR) is 91.0 cm³/mol. The molecule has 0 aliphatic carbocycles. The standard InChI is InChI=1S/C18H15ClP.Ni/c19-20(16-10-4-1-5-11-16,17-12-6-2-7-13-17)18-14-8-3-9-15-18;/h1-15H;/q+1;. The van der Waals surface area contributed by atoms with Gasteiger partial charge in [-0.25, -0.2) is 0 Å². The Bertz CT molecular complexity index is 575. The summed E-state index contributed by atoms with van der Waals surface area (Å²) < 4.78 is 0. The van der Waals surface area contributed by atoms with E-state index in [-0.39, 0.29) is 16.5 Å². The number of hydrogen-bond donors (Lipinski definition) is 0. The molecule has 0 heterocycles. The first-order valence-electron chi connectivity index (χ1n) is 6.57. The second-order valence-corrected chi connectivity index (χ2v) is 8.84. The smallest absolute Gasteiger partial charge is 0.0620 e. The van der Waals surface area contributed by atoms with E-state index in [9.17, 15) is 0 Å². The van der Waals surface area contributed by atoms with Crippen LogP contribution < -0.4 is 15.9 Å². The molecular formula is C18H15ClNiP+. The Morgan fingerprint density at radius 2 is 0.714 bits per heavy atom. The van der Waals surface area contributed by atoms with Crippen LogP contribution in [0.2, 0.25) is 0 Å². The Hall–Kier alpha value is -1.13. The first-order valence-corrected chi connectivity index (χ1v) is 9.27. The molecule has 0 amide bonds. The molecule has 3 heteroatoms. The summed E-state index contributed by atoms with van der Waals surface area (Å²) in [5.41, 5.74) is 0. The minimum atomic E-state index is -2.05. The van der Waals surface area contributed by atoms with Crippen molar-refractivity contribution in [2.24, 2.45) is 0 Å². The van der Waals surface area contributed by atoms with Crippen molar-refractivity contribution in [3.63, 3.8) is 0 Å². The minimum Gasteiger partial charge on any atom is -0.0620 e. The monoisotopic (exact) mass is 355 g/mol. The van der Waals surface area contributed by atoms with E-state index in [1.165, 1.54) is 15.9 Å². The molecule has 3 aromatic carbocycles. The molecule has 0 unspecified atom stereocenters. The molecular weight excluding hydrogens is 341 g/mol. The van der Waals surface area contributed by atoms with Crippen LogP contribution >= 0.6 is 17.9 Å². The fraction of sp³-hybridized carbons (Fsp3) is 0. The van der Waals surface area contributed by atoms with E-state index in [4.69, 9.17) is 11.2 Å².